The first kappa shape index (κ1) is 16.3. The zero-order valence-electron chi connectivity index (χ0n) is 14.3. The highest BCUT2D eigenvalue weighted by molar-refractivity contribution is 14.1. The van der Waals surface area contributed by atoms with Crippen LogP contribution in [0.15, 0.2) is 55.0 Å². The fourth-order valence-electron chi connectivity index (χ4n) is 3.11. The Kier molecular flexibility index (Phi) is 3.85. The highest BCUT2D eigenvalue weighted by atomic mass is 127. The maximum Gasteiger partial charge on any atom is 0.231 e. The molecule has 0 bridgehead atoms. The molecule has 1 aliphatic rings. The van der Waals surface area contributed by atoms with Gasteiger partial charge in [-0.05, 0) is 52.9 Å². The maximum absolute atomic E-state index is 5.49. The zero-order valence-corrected chi connectivity index (χ0v) is 16.5. The van der Waals surface area contributed by atoms with Crippen LogP contribution in [0.3, 0.4) is 0 Å². The summed E-state index contributed by atoms with van der Waals surface area (Å²) in [6.45, 7) is 0.253. The molecule has 1 aliphatic heterocycles. The summed E-state index contributed by atoms with van der Waals surface area (Å²) in [7, 11) is 1.96. The summed E-state index contributed by atoms with van der Waals surface area (Å²) in [6.07, 6.45) is 3.36. The molecule has 0 spiro atoms. The Labute approximate surface area is 168 Å². The van der Waals surface area contributed by atoms with Crippen molar-refractivity contribution in [2.75, 3.05) is 18.7 Å². The van der Waals surface area contributed by atoms with Crippen LogP contribution in [0.5, 0.6) is 11.5 Å². The number of halogens is 1. The van der Waals surface area contributed by atoms with Crippen molar-refractivity contribution in [1.29, 1.82) is 0 Å². The molecule has 0 unspecified atom stereocenters. The molecule has 0 atom stereocenters. The van der Waals surface area contributed by atoms with Crippen molar-refractivity contribution in [2.45, 2.75) is 0 Å². The van der Waals surface area contributed by atoms with Crippen LogP contribution in [-0.2, 0) is 0 Å². The van der Waals surface area contributed by atoms with Gasteiger partial charge in [-0.1, -0.05) is 6.07 Å². The summed E-state index contributed by atoms with van der Waals surface area (Å²) < 4.78 is 13.8. The first-order valence-electron chi connectivity index (χ1n) is 8.29. The smallest absolute Gasteiger partial charge is 0.231 e. The normalized spacial score (nSPS) is 12.5. The van der Waals surface area contributed by atoms with Gasteiger partial charge in [-0.2, -0.15) is 5.10 Å². The van der Waals surface area contributed by atoms with E-state index in [1.165, 1.54) is 0 Å². The Bertz CT molecular complexity index is 1160. The van der Waals surface area contributed by atoms with E-state index in [4.69, 9.17) is 9.47 Å². The molecule has 0 saturated heterocycles. The van der Waals surface area contributed by atoms with E-state index in [0.29, 0.717) is 0 Å². The molecule has 0 amide bonds. The van der Waals surface area contributed by atoms with E-state index in [0.717, 1.165) is 43.3 Å². The lowest BCUT2D eigenvalue weighted by molar-refractivity contribution is 0.174. The Hall–Kier alpha value is -2.88. The van der Waals surface area contributed by atoms with Crippen LogP contribution in [0.25, 0.3) is 16.7 Å². The fraction of sp³-hybridized carbons (Fsp3) is 0.105. The van der Waals surface area contributed by atoms with Crippen LogP contribution < -0.4 is 14.4 Å². The number of ether oxygens (including phenoxy) is 2. The van der Waals surface area contributed by atoms with Crippen LogP contribution >= 0.6 is 22.6 Å². The van der Waals surface area contributed by atoms with E-state index in [1.54, 1.807) is 12.5 Å². The molecule has 0 fully saturated rings. The minimum Gasteiger partial charge on any atom is -0.454 e. The molecule has 2 aromatic carbocycles. The van der Waals surface area contributed by atoms with Gasteiger partial charge < -0.3 is 14.4 Å². The number of aromatic nitrogens is 4. The van der Waals surface area contributed by atoms with Crippen LogP contribution in [0.2, 0.25) is 0 Å². The second-order valence-electron chi connectivity index (χ2n) is 6.07. The van der Waals surface area contributed by atoms with Crippen molar-refractivity contribution in [3.05, 3.63) is 58.6 Å². The van der Waals surface area contributed by atoms with Gasteiger partial charge in [-0.25, -0.2) is 14.6 Å². The second kappa shape index (κ2) is 6.38. The predicted molar refractivity (Wildman–Crippen MR) is 110 cm³/mol. The summed E-state index contributed by atoms with van der Waals surface area (Å²) >= 11 is 2.29. The predicted octanol–water partition coefficient (Wildman–Crippen LogP) is 3.92. The summed E-state index contributed by atoms with van der Waals surface area (Å²) in [6, 6.07) is 14.0. The van der Waals surface area contributed by atoms with Gasteiger partial charge in [0.05, 0.1) is 17.3 Å². The summed E-state index contributed by atoms with van der Waals surface area (Å²) in [5.41, 5.74) is 2.67. The molecule has 0 N–H and O–H groups in total. The standard InChI is InChI=1S/C19H14IN5O2/c1-24(13-5-6-16-17(8-13)27-11-26-16)18-15-9-23-25(19(15)22-10-21-18)14-4-2-3-12(20)7-14/h2-10H,11H2,1H3. The number of rotatable bonds is 3. The third kappa shape index (κ3) is 2.76. The number of hydrogen-bond donors (Lipinski definition) is 0. The largest absolute Gasteiger partial charge is 0.454 e. The van der Waals surface area contributed by atoms with Crippen molar-refractivity contribution in [3.63, 3.8) is 0 Å². The van der Waals surface area contributed by atoms with Gasteiger partial charge in [0.1, 0.15) is 12.1 Å². The molecule has 8 heteroatoms. The number of fused-ring (bicyclic) bond motifs is 2. The molecule has 2 aromatic heterocycles. The van der Waals surface area contributed by atoms with Crippen molar-refractivity contribution >= 4 is 45.1 Å². The lowest BCUT2D eigenvalue weighted by atomic mass is 10.2. The number of hydrogen-bond acceptors (Lipinski definition) is 6. The van der Waals surface area contributed by atoms with Gasteiger partial charge in [0.15, 0.2) is 17.1 Å². The van der Waals surface area contributed by atoms with E-state index in [-0.39, 0.29) is 6.79 Å². The number of nitrogens with zero attached hydrogens (tertiary/aromatic N) is 5. The van der Waals surface area contributed by atoms with E-state index in [1.807, 2.05) is 53.0 Å². The third-order valence-corrected chi connectivity index (χ3v) is 5.13. The quantitative estimate of drug-likeness (QED) is 0.423. The van der Waals surface area contributed by atoms with E-state index >= 15 is 0 Å². The van der Waals surface area contributed by atoms with Crippen LogP contribution in [0.1, 0.15) is 0 Å². The molecule has 0 radical (unpaired) electrons. The lowest BCUT2D eigenvalue weighted by Gasteiger charge is -2.19. The zero-order chi connectivity index (χ0) is 18.4. The molecule has 4 aromatic rings. The highest BCUT2D eigenvalue weighted by Crippen LogP contribution is 2.37. The highest BCUT2D eigenvalue weighted by Gasteiger charge is 2.18. The van der Waals surface area contributed by atoms with Crippen molar-refractivity contribution < 1.29 is 9.47 Å². The Morgan fingerprint density at radius 1 is 1.07 bits per heavy atom. The molecule has 5 rings (SSSR count). The molecule has 3 heterocycles. The first-order valence-corrected chi connectivity index (χ1v) is 9.36. The average molecular weight is 471 g/mol. The molecule has 0 aliphatic carbocycles. The van der Waals surface area contributed by atoms with E-state index in [2.05, 4.69) is 43.7 Å². The minimum absolute atomic E-state index is 0.253. The molecule has 134 valence electrons. The van der Waals surface area contributed by atoms with Gasteiger partial charge in [-0.3, -0.25) is 0 Å². The van der Waals surface area contributed by atoms with Gasteiger partial charge in [0, 0.05) is 22.4 Å². The van der Waals surface area contributed by atoms with E-state index in [9.17, 15) is 0 Å². The Morgan fingerprint density at radius 2 is 1.96 bits per heavy atom. The lowest BCUT2D eigenvalue weighted by Crippen LogP contribution is -2.12. The first-order chi connectivity index (χ1) is 13.2. The van der Waals surface area contributed by atoms with Crippen LogP contribution in [-0.4, -0.2) is 33.6 Å². The van der Waals surface area contributed by atoms with Gasteiger partial charge in [-0.15, -0.1) is 0 Å². The average Bonchev–Trinajstić information content (AvgIpc) is 3.33. The van der Waals surface area contributed by atoms with E-state index < -0.39 is 0 Å². The topological polar surface area (TPSA) is 65.3 Å². The Morgan fingerprint density at radius 3 is 2.85 bits per heavy atom. The fourth-order valence-corrected chi connectivity index (χ4v) is 3.64. The van der Waals surface area contributed by atoms with Gasteiger partial charge >= 0.3 is 0 Å². The van der Waals surface area contributed by atoms with Crippen molar-refractivity contribution in [3.8, 4) is 17.2 Å². The van der Waals surface area contributed by atoms with Crippen molar-refractivity contribution in [2.24, 2.45) is 0 Å². The minimum atomic E-state index is 0.253. The molecule has 7 nitrogen and oxygen atoms in total. The molecule has 0 saturated carbocycles. The maximum atomic E-state index is 5.49. The SMILES string of the molecule is CN(c1ccc2c(c1)OCO2)c1ncnc2c1cnn2-c1cccc(I)c1. The summed E-state index contributed by atoms with van der Waals surface area (Å²) in [5.74, 6) is 2.27. The van der Waals surface area contributed by atoms with Crippen LogP contribution in [0.4, 0.5) is 11.5 Å². The van der Waals surface area contributed by atoms with Crippen molar-refractivity contribution in [1.82, 2.24) is 19.7 Å². The monoisotopic (exact) mass is 471 g/mol. The molecular weight excluding hydrogens is 457 g/mol. The number of anilines is 2. The second-order valence-corrected chi connectivity index (χ2v) is 7.31. The van der Waals surface area contributed by atoms with Gasteiger partial charge in [0.25, 0.3) is 0 Å². The Balaban J connectivity index is 1.60. The third-order valence-electron chi connectivity index (χ3n) is 4.46. The van der Waals surface area contributed by atoms with Gasteiger partial charge in [0.2, 0.25) is 6.79 Å². The number of benzene rings is 2. The summed E-state index contributed by atoms with van der Waals surface area (Å²) in [5, 5.41) is 5.41. The molecule has 27 heavy (non-hydrogen) atoms. The van der Waals surface area contributed by atoms with Crippen LogP contribution in [0, 0.1) is 3.57 Å². The summed E-state index contributed by atoms with van der Waals surface area (Å²) in [4.78, 5) is 10.9. The molecular formula is C19H14IN5O2.